The van der Waals surface area contributed by atoms with E-state index in [0.29, 0.717) is 5.88 Å². The molecule has 90 valence electrons. The van der Waals surface area contributed by atoms with Gasteiger partial charge in [-0.25, -0.2) is 4.98 Å². The minimum Gasteiger partial charge on any atom is -0.409 e. The van der Waals surface area contributed by atoms with Crippen LogP contribution in [0.5, 0.6) is 5.88 Å². The Bertz CT molecular complexity index is 302. The first-order valence-electron chi connectivity index (χ1n) is 5.69. The van der Waals surface area contributed by atoms with Gasteiger partial charge in [-0.1, -0.05) is 6.42 Å². The van der Waals surface area contributed by atoms with Gasteiger partial charge in [0.2, 0.25) is 5.88 Å². The molecule has 2 heterocycles. The zero-order valence-electron chi connectivity index (χ0n) is 9.99. The van der Waals surface area contributed by atoms with E-state index in [-0.39, 0.29) is 0 Å². The van der Waals surface area contributed by atoms with E-state index in [4.69, 9.17) is 0 Å². The lowest BCUT2D eigenvalue weighted by Crippen LogP contribution is -2.21. The van der Waals surface area contributed by atoms with Gasteiger partial charge < -0.3 is 9.50 Å². The second kappa shape index (κ2) is 7.52. The standard InChI is InChI=1S/C7H9NOS.C5H11N/c1-5-3-7(9-10)8-4-6(5)2;1-2-4-6-5-3-1/h3-4,10H,1-2H3;6H,1-5H2. The minimum absolute atomic E-state index is 0.548. The Morgan fingerprint density at radius 1 is 1.19 bits per heavy atom. The molecule has 2 rings (SSSR count). The third-order valence-electron chi connectivity index (χ3n) is 2.65. The normalized spacial score (nSPS) is 14.9. The van der Waals surface area contributed by atoms with Gasteiger partial charge in [0.15, 0.2) is 0 Å². The van der Waals surface area contributed by atoms with Crippen LogP contribution in [0.15, 0.2) is 12.3 Å². The van der Waals surface area contributed by atoms with E-state index in [1.54, 1.807) is 6.20 Å². The van der Waals surface area contributed by atoms with Crippen LogP contribution in [0.2, 0.25) is 0 Å². The Morgan fingerprint density at radius 2 is 1.88 bits per heavy atom. The molecule has 4 heteroatoms. The molecule has 1 saturated heterocycles. The van der Waals surface area contributed by atoms with Crippen molar-refractivity contribution < 1.29 is 4.18 Å². The highest BCUT2D eigenvalue weighted by Gasteiger charge is 1.95. The molecule has 0 saturated carbocycles. The maximum atomic E-state index is 4.63. The predicted octanol–water partition coefficient (Wildman–Crippen LogP) is 2.68. The number of rotatable bonds is 1. The van der Waals surface area contributed by atoms with E-state index in [2.05, 4.69) is 27.4 Å². The number of nitrogens with one attached hydrogen (secondary N) is 1. The number of hydrogen-bond donors (Lipinski definition) is 2. The van der Waals surface area contributed by atoms with Crippen LogP contribution in [-0.4, -0.2) is 18.1 Å². The lowest BCUT2D eigenvalue weighted by molar-refractivity contribution is 0.520. The van der Waals surface area contributed by atoms with E-state index in [1.807, 2.05) is 19.9 Å². The van der Waals surface area contributed by atoms with E-state index in [9.17, 15) is 0 Å². The fraction of sp³-hybridized carbons (Fsp3) is 0.583. The summed E-state index contributed by atoms with van der Waals surface area (Å²) >= 11 is 3.63. The van der Waals surface area contributed by atoms with Gasteiger partial charge in [-0.05, 0) is 50.9 Å². The van der Waals surface area contributed by atoms with E-state index >= 15 is 0 Å². The topological polar surface area (TPSA) is 34.2 Å². The first-order valence-corrected chi connectivity index (χ1v) is 6.06. The van der Waals surface area contributed by atoms with Gasteiger partial charge in [0.1, 0.15) is 0 Å². The summed E-state index contributed by atoms with van der Waals surface area (Å²) in [6.45, 7) is 6.51. The Labute approximate surface area is 103 Å². The van der Waals surface area contributed by atoms with Crippen LogP contribution >= 0.6 is 12.9 Å². The molecular weight excluding hydrogens is 220 g/mol. The molecule has 0 bridgehead atoms. The lowest BCUT2D eigenvalue weighted by Gasteiger charge is -2.08. The molecule has 0 unspecified atom stereocenters. The first kappa shape index (κ1) is 13.3. The number of thiol groups is 1. The van der Waals surface area contributed by atoms with E-state index < -0.39 is 0 Å². The van der Waals surface area contributed by atoms with Crippen LogP contribution in [0.3, 0.4) is 0 Å². The Kier molecular flexibility index (Phi) is 6.26. The zero-order chi connectivity index (χ0) is 11.8. The average Bonchev–Trinajstić information content (AvgIpc) is 2.36. The first-order chi connectivity index (χ1) is 7.74. The molecule has 1 fully saturated rings. The second-order valence-electron chi connectivity index (χ2n) is 4.01. The number of hydrogen-bond acceptors (Lipinski definition) is 4. The molecule has 0 atom stereocenters. The van der Waals surface area contributed by atoms with Crippen molar-refractivity contribution in [2.24, 2.45) is 0 Å². The van der Waals surface area contributed by atoms with Gasteiger partial charge >= 0.3 is 0 Å². The highest BCUT2D eigenvalue weighted by molar-refractivity contribution is 7.75. The fourth-order valence-electron chi connectivity index (χ4n) is 1.45. The second-order valence-corrected chi connectivity index (χ2v) is 4.19. The highest BCUT2D eigenvalue weighted by atomic mass is 32.1. The maximum absolute atomic E-state index is 4.63. The summed E-state index contributed by atoms with van der Waals surface area (Å²) in [5.41, 5.74) is 2.33. The number of nitrogens with zero attached hydrogens (tertiary/aromatic N) is 1. The number of aryl methyl sites for hydroxylation is 2. The molecule has 1 aliphatic rings. The molecule has 0 amide bonds. The van der Waals surface area contributed by atoms with Crippen LogP contribution < -0.4 is 9.50 Å². The molecule has 1 aromatic heterocycles. The molecule has 1 N–H and O–H groups in total. The van der Waals surface area contributed by atoms with Crippen molar-refractivity contribution in [1.82, 2.24) is 10.3 Å². The lowest BCUT2D eigenvalue weighted by atomic mass is 10.2. The summed E-state index contributed by atoms with van der Waals surface area (Å²) in [6.07, 6.45) is 5.98. The van der Waals surface area contributed by atoms with Crippen LogP contribution in [0, 0.1) is 13.8 Å². The van der Waals surface area contributed by atoms with Crippen molar-refractivity contribution in [2.45, 2.75) is 33.1 Å². The largest absolute Gasteiger partial charge is 0.409 e. The maximum Gasteiger partial charge on any atom is 0.227 e. The van der Waals surface area contributed by atoms with Gasteiger partial charge in [0.25, 0.3) is 0 Å². The molecule has 1 aliphatic heterocycles. The quantitative estimate of drug-likeness (QED) is 0.585. The summed E-state index contributed by atoms with van der Waals surface area (Å²) < 4.78 is 4.63. The molecule has 0 spiro atoms. The smallest absolute Gasteiger partial charge is 0.227 e. The van der Waals surface area contributed by atoms with Gasteiger partial charge in [0, 0.05) is 25.2 Å². The van der Waals surface area contributed by atoms with Gasteiger partial charge in [-0.15, -0.1) is 0 Å². The van der Waals surface area contributed by atoms with Gasteiger partial charge in [-0.2, -0.15) is 0 Å². The molecular formula is C12H20N2OS. The summed E-state index contributed by atoms with van der Waals surface area (Å²) in [5, 5.41) is 3.28. The third-order valence-corrected chi connectivity index (χ3v) is 2.84. The fourth-order valence-corrected chi connectivity index (χ4v) is 1.55. The summed E-state index contributed by atoms with van der Waals surface area (Å²) in [5.74, 6) is 0.548. The van der Waals surface area contributed by atoms with Crippen LogP contribution in [0.1, 0.15) is 30.4 Å². The van der Waals surface area contributed by atoms with E-state index in [0.717, 1.165) is 5.56 Å². The van der Waals surface area contributed by atoms with Crippen molar-refractivity contribution in [3.63, 3.8) is 0 Å². The van der Waals surface area contributed by atoms with Crippen molar-refractivity contribution in [1.29, 1.82) is 0 Å². The SMILES string of the molecule is C1CCNCC1.Cc1cnc(OS)cc1C. The Balaban J connectivity index is 0.000000181. The third kappa shape index (κ3) is 4.86. The van der Waals surface area contributed by atoms with E-state index in [1.165, 1.54) is 37.9 Å². The molecule has 16 heavy (non-hydrogen) atoms. The monoisotopic (exact) mass is 240 g/mol. The van der Waals surface area contributed by atoms with Crippen LogP contribution in [-0.2, 0) is 0 Å². The zero-order valence-corrected chi connectivity index (χ0v) is 10.9. The predicted molar refractivity (Wildman–Crippen MR) is 70.0 cm³/mol. The molecule has 3 nitrogen and oxygen atoms in total. The summed E-state index contributed by atoms with van der Waals surface area (Å²) in [4.78, 5) is 3.96. The van der Waals surface area contributed by atoms with Crippen LogP contribution in [0.25, 0.3) is 0 Å². The molecule has 0 aliphatic carbocycles. The van der Waals surface area contributed by atoms with Crippen molar-refractivity contribution >= 4 is 12.9 Å². The van der Waals surface area contributed by atoms with Gasteiger partial charge in [0.05, 0.1) is 0 Å². The summed E-state index contributed by atoms with van der Waals surface area (Å²) in [7, 11) is 0. The Morgan fingerprint density at radius 3 is 2.25 bits per heavy atom. The minimum atomic E-state index is 0.548. The van der Waals surface area contributed by atoms with Crippen molar-refractivity contribution in [3.8, 4) is 5.88 Å². The molecule has 0 radical (unpaired) electrons. The highest BCUT2D eigenvalue weighted by Crippen LogP contribution is 2.12. The number of piperidine rings is 1. The van der Waals surface area contributed by atoms with Crippen molar-refractivity contribution in [3.05, 3.63) is 23.4 Å². The average molecular weight is 240 g/mol. The number of pyridine rings is 1. The van der Waals surface area contributed by atoms with Crippen molar-refractivity contribution in [2.75, 3.05) is 13.1 Å². The molecule has 0 aromatic carbocycles. The molecule has 1 aromatic rings. The van der Waals surface area contributed by atoms with Gasteiger partial charge in [-0.3, -0.25) is 0 Å². The Hall–Kier alpha value is -0.740. The summed E-state index contributed by atoms with van der Waals surface area (Å²) in [6, 6.07) is 1.85. The van der Waals surface area contributed by atoms with Crippen LogP contribution in [0.4, 0.5) is 0 Å². The number of aromatic nitrogens is 1.